The first-order valence-corrected chi connectivity index (χ1v) is 5.55. The van der Waals surface area contributed by atoms with Crippen molar-refractivity contribution in [1.29, 1.82) is 0 Å². The van der Waals surface area contributed by atoms with Gasteiger partial charge < -0.3 is 14.3 Å². The first kappa shape index (κ1) is 10.5. The monoisotopic (exact) mass is 182 g/mol. The highest BCUT2D eigenvalue weighted by Gasteiger charge is 2.26. The Morgan fingerprint density at radius 3 is 2.00 bits per heavy atom. The molecule has 2 N–H and O–H groups in total. The smallest absolute Gasteiger partial charge is 0.327 e. The molecule has 0 fully saturated rings. The summed E-state index contributed by atoms with van der Waals surface area (Å²) < 4.78 is 4.91. The summed E-state index contributed by atoms with van der Waals surface area (Å²) in [4.78, 5) is 17.1. The molecule has 0 heterocycles. The van der Waals surface area contributed by atoms with E-state index in [0.717, 1.165) is 10.2 Å². The molecule has 0 aromatic heterocycles. The van der Waals surface area contributed by atoms with Crippen molar-refractivity contribution in [2.45, 2.75) is 31.9 Å². The molecule has 3 nitrogen and oxygen atoms in total. The Bertz CT molecular complexity index is 105. The van der Waals surface area contributed by atoms with Gasteiger partial charge in [-0.25, -0.2) is 0 Å². The van der Waals surface area contributed by atoms with Crippen molar-refractivity contribution < 1.29 is 14.3 Å². The van der Waals surface area contributed by atoms with Crippen molar-refractivity contribution in [2.24, 2.45) is 0 Å². The Hall–Kier alpha value is 0.527. The molecule has 0 amide bonds. The van der Waals surface area contributed by atoms with E-state index in [2.05, 4.69) is 0 Å². The van der Waals surface area contributed by atoms with Crippen LogP contribution in [0.5, 0.6) is 0 Å². The second-order valence-electron chi connectivity index (χ2n) is 3.10. The standard InChI is InChI=1S/C5H15O3PSi/c1-4(10)5(2,3)8-9(6)7/h4,6-7H,1-3,10H3. The van der Waals surface area contributed by atoms with Crippen LogP contribution >= 0.6 is 8.60 Å². The van der Waals surface area contributed by atoms with Crippen molar-refractivity contribution in [3.63, 3.8) is 0 Å². The van der Waals surface area contributed by atoms with E-state index in [-0.39, 0.29) is 5.60 Å². The van der Waals surface area contributed by atoms with E-state index in [0.29, 0.717) is 5.54 Å². The summed E-state index contributed by atoms with van der Waals surface area (Å²) in [6.45, 7) is 5.77. The van der Waals surface area contributed by atoms with Crippen LogP contribution < -0.4 is 0 Å². The average molecular weight is 182 g/mol. The van der Waals surface area contributed by atoms with Gasteiger partial charge in [0.2, 0.25) is 0 Å². The van der Waals surface area contributed by atoms with Gasteiger partial charge in [-0.05, 0) is 19.4 Å². The van der Waals surface area contributed by atoms with Gasteiger partial charge in [0.25, 0.3) is 0 Å². The van der Waals surface area contributed by atoms with Gasteiger partial charge in [-0.1, -0.05) is 6.92 Å². The third-order valence-corrected chi connectivity index (χ3v) is 3.73. The second kappa shape index (κ2) is 3.79. The predicted octanol–water partition coefficient (Wildman–Crippen LogP) is 0.167. The molecule has 0 radical (unpaired) electrons. The molecule has 0 aromatic rings. The molecule has 0 aromatic carbocycles. The van der Waals surface area contributed by atoms with Crippen molar-refractivity contribution in [1.82, 2.24) is 0 Å². The largest absolute Gasteiger partial charge is 0.328 e. The Morgan fingerprint density at radius 2 is 1.90 bits per heavy atom. The van der Waals surface area contributed by atoms with Crippen molar-refractivity contribution in [3.8, 4) is 0 Å². The first-order valence-electron chi connectivity index (χ1n) is 3.23. The van der Waals surface area contributed by atoms with E-state index in [1.54, 1.807) is 0 Å². The highest BCUT2D eigenvalue weighted by Crippen LogP contribution is 2.37. The van der Waals surface area contributed by atoms with Gasteiger partial charge in [-0.15, -0.1) is 0 Å². The zero-order valence-electron chi connectivity index (χ0n) is 6.83. The number of hydrogen-bond acceptors (Lipinski definition) is 3. The molecule has 1 unspecified atom stereocenters. The third-order valence-electron chi connectivity index (χ3n) is 1.71. The molecule has 5 heteroatoms. The molecule has 0 bridgehead atoms. The molecule has 0 saturated heterocycles. The van der Waals surface area contributed by atoms with Gasteiger partial charge in [-0.2, -0.15) is 0 Å². The molecular formula is C5H15O3PSi. The fraction of sp³-hybridized carbons (Fsp3) is 1.00. The average Bonchev–Trinajstić information content (AvgIpc) is 1.60. The lowest BCUT2D eigenvalue weighted by atomic mass is 10.1. The van der Waals surface area contributed by atoms with Crippen molar-refractivity contribution in [2.75, 3.05) is 0 Å². The van der Waals surface area contributed by atoms with Crippen LogP contribution in [0.25, 0.3) is 0 Å². The molecule has 0 spiro atoms. The maximum atomic E-state index is 8.55. The normalized spacial score (nSPS) is 16.2. The summed E-state index contributed by atoms with van der Waals surface area (Å²) in [5, 5.41) is 0. The van der Waals surface area contributed by atoms with E-state index in [1.165, 1.54) is 0 Å². The van der Waals surface area contributed by atoms with Crippen LogP contribution in [-0.2, 0) is 4.52 Å². The Kier molecular flexibility index (Phi) is 3.99. The summed E-state index contributed by atoms with van der Waals surface area (Å²) in [7, 11) is -1.20. The zero-order valence-corrected chi connectivity index (χ0v) is 9.72. The van der Waals surface area contributed by atoms with Crippen LogP contribution in [0.1, 0.15) is 20.8 Å². The Morgan fingerprint density at radius 1 is 1.50 bits per heavy atom. The van der Waals surface area contributed by atoms with Crippen LogP contribution in [0.4, 0.5) is 0 Å². The van der Waals surface area contributed by atoms with E-state index in [9.17, 15) is 0 Å². The highest BCUT2D eigenvalue weighted by molar-refractivity contribution is 7.39. The van der Waals surface area contributed by atoms with Crippen LogP contribution in [0.2, 0.25) is 5.54 Å². The van der Waals surface area contributed by atoms with E-state index in [1.807, 2.05) is 20.8 Å². The summed E-state index contributed by atoms with van der Waals surface area (Å²) in [5.41, 5.74) is 0.0262. The zero-order chi connectivity index (χ0) is 8.36. The lowest BCUT2D eigenvalue weighted by Crippen LogP contribution is -2.26. The minimum Gasteiger partial charge on any atom is -0.328 e. The Labute approximate surface area is 65.8 Å². The van der Waals surface area contributed by atoms with Crippen LogP contribution in [0.15, 0.2) is 0 Å². The van der Waals surface area contributed by atoms with Gasteiger partial charge in [0.15, 0.2) is 0 Å². The number of hydrogen-bond donors (Lipinski definition) is 2. The fourth-order valence-corrected chi connectivity index (χ4v) is 1.26. The minimum atomic E-state index is -2.20. The van der Waals surface area contributed by atoms with E-state index in [4.69, 9.17) is 14.3 Å². The highest BCUT2D eigenvalue weighted by atomic mass is 31.2. The molecular weight excluding hydrogens is 167 g/mol. The van der Waals surface area contributed by atoms with Crippen LogP contribution in [0.3, 0.4) is 0 Å². The molecule has 0 aliphatic rings. The van der Waals surface area contributed by atoms with E-state index < -0.39 is 8.60 Å². The van der Waals surface area contributed by atoms with Gasteiger partial charge in [-0.3, -0.25) is 0 Å². The maximum Gasteiger partial charge on any atom is 0.327 e. The van der Waals surface area contributed by atoms with Gasteiger partial charge in [0.05, 0.1) is 5.60 Å². The maximum absolute atomic E-state index is 8.55. The third kappa shape index (κ3) is 3.64. The molecule has 0 aliphatic carbocycles. The minimum absolute atomic E-state index is 0.387. The number of rotatable bonds is 3. The fourth-order valence-electron chi connectivity index (χ4n) is 0.316. The summed E-state index contributed by atoms with van der Waals surface area (Å²) in [5.74, 6) is 0. The molecule has 62 valence electrons. The topological polar surface area (TPSA) is 49.7 Å². The molecule has 0 aliphatic heterocycles. The molecule has 0 rings (SSSR count). The predicted molar refractivity (Wildman–Crippen MR) is 45.9 cm³/mol. The Balaban J connectivity index is 3.87. The van der Waals surface area contributed by atoms with Crippen molar-refractivity contribution >= 4 is 18.8 Å². The van der Waals surface area contributed by atoms with Gasteiger partial charge in [0.1, 0.15) is 0 Å². The molecule has 0 saturated carbocycles. The van der Waals surface area contributed by atoms with Crippen LogP contribution in [-0.4, -0.2) is 25.6 Å². The first-order chi connectivity index (χ1) is 4.36. The SMILES string of the molecule is CC([SiH3])C(C)(C)OP(O)O. The summed E-state index contributed by atoms with van der Waals surface area (Å²) >= 11 is 0. The van der Waals surface area contributed by atoms with Gasteiger partial charge >= 0.3 is 8.60 Å². The quantitative estimate of drug-likeness (QED) is 0.483. The van der Waals surface area contributed by atoms with Crippen molar-refractivity contribution in [3.05, 3.63) is 0 Å². The lowest BCUT2D eigenvalue weighted by molar-refractivity contribution is 0.0877. The molecule has 10 heavy (non-hydrogen) atoms. The summed E-state index contributed by atoms with van der Waals surface area (Å²) in [6.07, 6.45) is 0. The van der Waals surface area contributed by atoms with E-state index >= 15 is 0 Å². The van der Waals surface area contributed by atoms with Gasteiger partial charge in [0, 0.05) is 10.2 Å². The second-order valence-corrected chi connectivity index (χ2v) is 5.52. The lowest BCUT2D eigenvalue weighted by Gasteiger charge is -2.28. The van der Waals surface area contributed by atoms with Crippen LogP contribution in [0, 0.1) is 0 Å². The summed E-state index contributed by atoms with van der Waals surface area (Å²) in [6, 6.07) is 0. The molecule has 1 atom stereocenters.